The van der Waals surface area contributed by atoms with Crippen LogP contribution in [0.25, 0.3) is 11.0 Å². The zero-order valence-electron chi connectivity index (χ0n) is 20.1. The molecule has 2 aromatic heterocycles. The number of aromatic nitrogens is 3. The normalized spacial score (nSPS) is 12.3. The van der Waals surface area contributed by atoms with E-state index in [0.29, 0.717) is 23.3 Å². The zero-order valence-corrected chi connectivity index (χ0v) is 20.9. The third-order valence-corrected chi connectivity index (χ3v) is 6.70. The first-order chi connectivity index (χ1) is 15.5. The third kappa shape index (κ3) is 6.17. The minimum Gasteiger partial charge on any atom is -0.348 e. The quantitative estimate of drug-likeness (QED) is 0.492. The molecule has 2 heterocycles. The number of benzene rings is 1. The highest BCUT2D eigenvalue weighted by molar-refractivity contribution is 7.88. The largest absolute Gasteiger partial charge is 0.348 e. The van der Waals surface area contributed by atoms with Crippen LogP contribution in [-0.4, -0.2) is 35.1 Å². The van der Waals surface area contributed by atoms with E-state index >= 15 is 0 Å². The van der Waals surface area contributed by atoms with Gasteiger partial charge in [0.15, 0.2) is 5.65 Å². The lowest BCUT2D eigenvalue weighted by Gasteiger charge is -2.13. The molecule has 3 aromatic rings. The van der Waals surface area contributed by atoms with Gasteiger partial charge in [-0.1, -0.05) is 38.1 Å². The van der Waals surface area contributed by atoms with Crippen molar-refractivity contribution in [1.29, 1.82) is 0 Å². The molecule has 33 heavy (non-hydrogen) atoms. The van der Waals surface area contributed by atoms with E-state index < -0.39 is 10.0 Å². The number of rotatable bonds is 9. The van der Waals surface area contributed by atoms with E-state index in [1.807, 2.05) is 50.6 Å². The van der Waals surface area contributed by atoms with Gasteiger partial charge in [0.2, 0.25) is 10.0 Å². The maximum atomic E-state index is 13.1. The third-order valence-electron chi connectivity index (χ3n) is 5.16. The average molecular weight is 472 g/mol. The molecule has 0 atom stereocenters. The molecule has 8 nitrogen and oxygen atoms in total. The maximum Gasteiger partial charge on any atom is 0.252 e. The first kappa shape index (κ1) is 24.9. The summed E-state index contributed by atoms with van der Waals surface area (Å²) in [5.41, 5.74) is 3.68. The van der Waals surface area contributed by atoms with Gasteiger partial charge in [0, 0.05) is 24.3 Å². The number of pyridine rings is 1. The van der Waals surface area contributed by atoms with Gasteiger partial charge in [0.1, 0.15) is 0 Å². The van der Waals surface area contributed by atoms with E-state index in [2.05, 4.69) is 15.1 Å². The second kappa shape index (κ2) is 10.0. The number of hydrogen-bond donors (Lipinski definition) is 2. The molecule has 0 radical (unpaired) electrons. The highest BCUT2D eigenvalue weighted by atomic mass is 32.2. The summed E-state index contributed by atoms with van der Waals surface area (Å²) in [4.78, 5) is 17.8. The SMILES string of the molecule is CC(C)NS(=O)(=O)Cc1ccc(CNC(=O)c2cc(C(C)C)nc3c2cnn3C(C)C)cc1. The molecule has 0 saturated heterocycles. The fraction of sp³-hybridized carbons (Fsp3) is 0.458. The summed E-state index contributed by atoms with van der Waals surface area (Å²) in [6.45, 7) is 12.1. The molecule has 0 aliphatic carbocycles. The van der Waals surface area contributed by atoms with Crippen LogP contribution >= 0.6 is 0 Å². The molecule has 0 aliphatic heterocycles. The number of sulfonamides is 1. The predicted molar refractivity (Wildman–Crippen MR) is 131 cm³/mol. The van der Waals surface area contributed by atoms with Gasteiger partial charge in [0.05, 0.1) is 22.9 Å². The molecule has 2 N–H and O–H groups in total. The molecule has 0 saturated carbocycles. The molecule has 9 heteroatoms. The fourth-order valence-corrected chi connectivity index (χ4v) is 4.98. The Bertz CT molecular complexity index is 1230. The van der Waals surface area contributed by atoms with E-state index in [1.54, 1.807) is 32.2 Å². The molecule has 0 fully saturated rings. The predicted octanol–water partition coefficient (Wildman–Crippen LogP) is 3.89. The minimum absolute atomic E-state index is 0.0787. The molecule has 178 valence electrons. The Morgan fingerprint density at radius 1 is 1.03 bits per heavy atom. The summed E-state index contributed by atoms with van der Waals surface area (Å²) in [5, 5.41) is 8.13. The Labute approximate surface area is 195 Å². The Morgan fingerprint density at radius 3 is 2.24 bits per heavy atom. The topological polar surface area (TPSA) is 106 Å². The molecule has 0 spiro atoms. The average Bonchev–Trinajstić information content (AvgIpc) is 3.15. The van der Waals surface area contributed by atoms with E-state index in [-0.39, 0.29) is 29.7 Å². The van der Waals surface area contributed by atoms with E-state index in [4.69, 9.17) is 4.98 Å². The number of nitrogens with one attached hydrogen (secondary N) is 2. The molecule has 1 amide bonds. The Kier molecular flexibility index (Phi) is 7.54. The van der Waals surface area contributed by atoms with Gasteiger partial charge in [-0.2, -0.15) is 5.10 Å². The van der Waals surface area contributed by atoms with Gasteiger partial charge in [-0.3, -0.25) is 4.79 Å². The molecule has 0 bridgehead atoms. The summed E-state index contributed by atoms with van der Waals surface area (Å²) in [5.74, 6) is -0.101. The van der Waals surface area contributed by atoms with Crippen molar-refractivity contribution in [2.75, 3.05) is 0 Å². The van der Waals surface area contributed by atoms with Crippen LogP contribution in [0.5, 0.6) is 0 Å². The first-order valence-electron chi connectivity index (χ1n) is 11.2. The van der Waals surface area contributed by atoms with Crippen LogP contribution < -0.4 is 10.0 Å². The van der Waals surface area contributed by atoms with Gasteiger partial charge in [-0.15, -0.1) is 0 Å². The van der Waals surface area contributed by atoms with Gasteiger partial charge in [-0.05, 0) is 50.8 Å². The van der Waals surface area contributed by atoms with Crippen molar-refractivity contribution < 1.29 is 13.2 Å². The van der Waals surface area contributed by atoms with Crippen LogP contribution in [0.15, 0.2) is 36.5 Å². The number of nitrogens with zero attached hydrogens (tertiary/aromatic N) is 3. The Balaban J connectivity index is 1.76. The van der Waals surface area contributed by atoms with Crippen molar-refractivity contribution in [3.8, 4) is 0 Å². The van der Waals surface area contributed by atoms with Crippen molar-refractivity contribution in [1.82, 2.24) is 24.8 Å². The zero-order chi connectivity index (χ0) is 24.3. The van der Waals surface area contributed by atoms with Crippen molar-refractivity contribution in [3.63, 3.8) is 0 Å². The van der Waals surface area contributed by atoms with Crippen molar-refractivity contribution in [2.24, 2.45) is 0 Å². The number of fused-ring (bicyclic) bond motifs is 1. The first-order valence-corrected chi connectivity index (χ1v) is 12.9. The van der Waals surface area contributed by atoms with Crippen LogP contribution in [0, 0.1) is 0 Å². The monoisotopic (exact) mass is 471 g/mol. The van der Waals surface area contributed by atoms with E-state index in [9.17, 15) is 13.2 Å². The van der Waals surface area contributed by atoms with Crippen LogP contribution in [0.3, 0.4) is 0 Å². The highest BCUT2D eigenvalue weighted by Gasteiger charge is 2.19. The molecular weight excluding hydrogens is 438 g/mol. The van der Waals surface area contributed by atoms with Gasteiger partial charge in [-0.25, -0.2) is 22.8 Å². The summed E-state index contributed by atoms with van der Waals surface area (Å²) in [6, 6.07) is 9.03. The molecule has 1 aromatic carbocycles. The van der Waals surface area contributed by atoms with Crippen LogP contribution in [-0.2, 0) is 22.3 Å². The standard InChI is InChI=1S/C24H33N5O3S/c1-15(2)22-11-20(21-13-26-29(17(5)6)23(21)27-22)24(30)25-12-18-7-9-19(10-8-18)14-33(31,32)28-16(3)4/h7-11,13,15-17,28H,12,14H2,1-6H3,(H,25,30). The number of carbonyl (C=O) groups excluding carboxylic acids is 1. The summed E-state index contributed by atoms with van der Waals surface area (Å²) in [7, 11) is -3.38. The van der Waals surface area contributed by atoms with Crippen molar-refractivity contribution >= 4 is 27.0 Å². The second-order valence-electron chi connectivity index (χ2n) is 9.20. The van der Waals surface area contributed by atoms with Crippen LogP contribution in [0.4, 0.5) is 0 Å². The van der Waals surface area contributed by atoms with Gasteiger partial charge in [0.25, 0.3) is 5.91 Å². The molecule has 3 rings (SSSR count). The van der Waals surface area contributed by atoms with Crippen LogP contribution in [0.2, 0.25) is 0 Å². The second-order valence-corrected chi connectivity index (χ2v) is 11.0. The lowest BCUT2D eigenvalue weighted by molar-refractivity contribution is 0.0952. The summed E-state index contributed by atoms with van der Waals surface area (Å²) < 4.78 is 28.6. The highest BCUT2D eigenvalue weighted by Crippen LogP contribution is 2.24. The minimum atomic E-state index is -3.38. The Hall–Kier alpha value is -2.78. The summed E-state index contributed by atoms with van der Waals surface area (Å²) >= 11 is 0. The molecular formula is C24H33N5O3S. The van der Waals surface area contributed by atoms with Gasteiger partial charge >= 0.3 is 0 Å². The van der Waals surface area contributed by atoms with Crippen molar-refractivity contribution in [3.05, 3.63) is 58.9 Å². The number of hydrogen-bond acceptors (Lipinski definition) is 5. The summed E-state index contributed by atoms with van der Waals surface area (Å²) in [6.07, 6.45) is 1.70. The molecule has 0 unspecified atom stereocenters. The maximum absolute atomic E-state index is 13.1. The van der Waals surface area contributed by atoms with E-state index in [1.165, 1.54) is 0 Å². The Morgan fingerprint density at radius 2 is 1.67 bits per heavy atom. The van der Waals surface area contributed by atoms with Gasteiger partial charge < -0.3 is 5.32 Å². The lowest BCUT2D eigenvalue weighted by Crippen LogP contribution is -2.31. The molecule has 0 aliphatic rings. The fourth-order valence-electron chi connectivity index (χ4n) is 3.55. The van der Waals surface area contributed by atoms with E-state index in [0.717, 1.165) is 16.6 Å². The number of amides is 1. The number of carbonyl (C=O) groups is 1. The van der Waals surface area contributed by atoms with Crippen molar-refractivity contribution in [2.45, 2.75) is 71.8 Å². The lowest BCUT2D eigenvalue weighted by atomic mass is 10.0. The van der Waals surface area contributed by atoms with Crippen LogP contribution in [0.1, 0.15) is 80.7 Å². The smallest absolute Gasteiger partial charge is 0.252 e.